The van der Waals surface area contributed by atoms with Crippen molar-refractivity contribution in [2.75, 3.05) is 5.73 Å². The van der Waals surface area contributed by atoms with Gasteiger partial charge in [0.15, 0.2) is 16.8 Å². The molecule has 0 aliphatic carbocycles. The normalized spacial score (nSPS) is 13.0. The van der Waals surface area contributed by atoms with Crippen molar-refractivity contribution < 1.29 is 51.1 Å². The van der Waals surface area contributed by atoms with E-state index >= 15 is 0 Å². The van der Waals surface area contributed by atoms with Gasteiger partial charge in [-0.05, 0) is 66.0 Å². The molecule has 1 atom stereocenters. The van der Waals surface area contributed by atoms with Crippen molar-refractivity contribution in [1.29, 1.82) is 0 Å². The zero-order valence-corrected chi connectivity index (χ0v) is 23.7. The van der Waals surface area contributed by atoms with Crippen LogP contribution in [0.3, 0.4) is 0 Å². The maximum absolute atomic E-state index is 12.2. The van der Waals surface area contributed by atoms with E-state index in [1.807, 2.05) is 0 Å². The molecule has 4 rings (SSSR count). The Morgan fingerprint density at radius 1 is 0.857 bits per heavy atom. The van der Waals surface area contributed by atoms with Gasteiger partial charge in [-0.2, -0.15) is 23.0 Å². The zero-order chi connectivity index (χ0) is 30.4. The lowest BCUT2D eigenvalue weighted by molar-refractivity contribution is -0.432. The number of nitrogen functional groups attached to an aromatic ring is 1. The number of phenolic OH excluding ortho intramolecular Hbond substituents is 1. The third-order valence-corrected chi connectivity index (χ3v) is 7.99. The van der Waals surface area contributed by atoms with E-state index in [1.165, 1.54) is 42.5 Å². The molecule has 0 aromatic heterocycles. The lowest BCUT2D eigenvalue weighted by Crippen LogP contribution is -2.02. The average molecular weight is 656 g/mol. The van der Waals surface area contributed by atoms with Gasteiger partial charge in [-0.1, -0.05) is 5.04 Å². The highest BCUT2D eigenvalue weighted by atomic mass is 32.2. The number of benzene rings is 4. The van der Waals surface area contributed by atoms with Crippen molar-refractivity contribution in [1.82, 2.24) is 0 Å². The van der Waals surface area contributed by atoms with Crippen LogP contribution in [0.2, 0.25) is 0 Å². The second-order valence-electron chi connectivity index (χ2n) is 7.80. The Bertz CT molecular complexity index is 1800. The molecular weight excluding hydrogens is 639 g/mol. The summed E-state index contributed by atoms with van der Waals surface area (Å²) in [5, 5.41) is 47.7. The van der Waals surface area contributed by atoms with Crippen LogP contribution in [-0.2, 0) is 34.9 Å². The molecule has 20 heteroatoms. The molecule has 0 bridgehead atoms. The van der Waals surface area contributed by atoms with Crippen LogP contribution < -0.4 is 5.73 Å². The van der Waals surface area contributed by atoms with E-state index in [0.717, 1.165) is 6.07 Å². The van der Waals surface area contributed by atoms with Gasteiger partial charge in [0, 0.05) is 4.90 Å². The predicted octanol–water partition coefficient (Wildman–Crippen LogP) is 6.71. The fourth-order valence-corrected chi connectivity index (χ4v) is 5.35. The second-order valence-corrected chi connectivity index (χ2v) is 11.7. The molecule has 0 amide bonds. The van der Waals surface area contributed by atoms with Gasteiger partial charge in [-0.3, -0.25) is 4.55 Å². The first-order valence-corrected chi connectivity index (χ1v) is 14.9. The smallest absolute Gasteiger partial charge is 0.296 e. The van der Waals surface area contributed by atoms with Crippen LogP contribution >= 0.6 is 24.1 Å². The average Bonchev–Trinajstić information content (AvgIpc) is 2.95. The summed E-state index contributed by atoms with van der Waals surface area (Å²) in [5.74, 6) is -0.605. The van der Waals surface area contributed by atoms with Gasteiger partial charge in [0.2, 0.25) is 0 Å². The third-order valence-electron chi connectivity index (χ3n) is 5.29. The van der Waals surface area contributed by atoms with Crippen LogP contribution in [0.4, 0.5) is 28.4 Å². The molecular formula is C22H17N5O11S4. The Kier molecular flexibility index (Phi) is 10.2. The van der Waals surface area contributed by atoms with Crippen LogP contribution in [0.15, 0.2) is 101 Å². The van der Waals surface area contributed by atoms with Crippen molar-refractivity contribution in [3.8, 4) is 5.75 Å². The van der Waals surface area contributed by atoms with E-state index < -0.39 is 43.2 Å². The molecule has 0 saturated heterocycles. The van der Waals surface area contributed by atoms with E-state index in [2.05, 4.69) is 34.2 Å². The summed E-state index contributed by atoms with van der Waals surface area (Å²) in [6.07, 6.45) is 0. The van der Waals surface area contributed by atoms with Gasteiger partial charge in [0.25, 0.3) is 10.1 Å². The minimum Gasteiger partial charge on any atom is -0.505 e. The lowest BCUT2D eigenvalue weighted by Gasteiger charge is -2.14. The SMILES string of the molecule is Nc1c(N=Nc2ccc(S(=O)O)cc2)c(S(=O)(=O)O)cc2cc(SOOO)c(N=Nc3ccc(SOO)cc3)c(O)c12. The molecule has 220 valence electrons. The van der Waals surface area contributed by atoms with Gasteiger partial charge in [-0.15, -0.1) is 14.6 Å². The summed E-state index contributed by atoms with van der Waals surface area (Å²) >= 11 is -1.15. The molecule has 4 aromatic rings. The maximum atomic E-state index is 12.2. The van der Waals surface area contributed by atoms with Crippen molar-refractivity contribution in [2.45, 2.75) is 19.6 Å². The summed E-state index contributed by atoms with van der Waals surface area (Å²) in [4.78, 5) is -0.130. The van der Waals surface area contributed by atoms with Gasteiger partial charge in [0.05, 0.1) is 56.3 Å². The molecule has 0 heterocycles. The predicted molar refractivity (Wildman–Crippen MR) is 150 cm³/mol. The van der Waals surface area contributed by atoms with E-state index in [1.54, 1.807) is 12.1 Å². The molecule has 7 N–H and O–H groups in total. The third kappa shape index (κ3) is 7.26. The summed E-state index contributed by atoms with van der Waals surface area (Å²) in [6.45, 7) is 0. The number of hydrogen-bond donors (Lipinski definition) is 6. The van der Waals surface area contributed by atoms with E-state index in [4.69, 9.17) is 20.8 Å². The Morgan fingerprint density at radius 3 is 2.00 bits per heavy atom. The van der Waals surface area contributed by atoms with Crippen LogP contribution in [-0.4, -0.2) is 37.4 Å². The maximum Gasteiger partial charge on any atom is 0.296 e. The van der Waals surface area contributed by atoms with Crippen LogP contribution in [0.25, 0.3) is 10.8 Å². The van der Waals surface area contributed by atoms with Crippen LogP contribution in [0.5, 0.6) is 5.75 Å². The highest BCUT2D eigenvalue weighted by Gasteiger charge is 2.25. The molecule has 1 unspecified atom stereocenters. The number of aromatic hydroxyl groups is 1. The first kappa shape index (κ1) is 31.4. The fourth-order valence-electron chi connectivity index (χ4n) is 3.48. The number of hydrogen-bond acceptors (Lipinski definition) is 16. The highest BCUT2D eigenvalue weighted by Crippen LogP contribution is 2.49. The number of nitrogens with two attached hydrogens (primary N) is 1. The van der Waals surface area contributed by atoms with Crippen LogP contribution in [0.1, 0.15) is 0 Å². The summed E-state index contributed by atoms with van der Waals surface area (Å²) in [5.41, 5.74) is 5.54. The quantitative estimate of drug-likeness (QED) is 0.0187. The fraction of sp³-hybridized carbons (Fsp3) is 0. The molecule has 0 aliphatic heterocycles. The van der Waals surface area contributed by atoms with Gasteiger partial charge >= 0.3 is 0 Å². The highest BCUT2D eigenvalue weighted by molar-refractivity contribution is 7.94. The Labute approximate surface area is 247 Å². The Balaban J connectivity index is 1.88. The topological polar surface area (TPSA) is 256 Å². The van der Waals surface area contributed by atoms with Crippen molar-refractivity contribution >= 4 is 84.5 Å². The minimum absolute atomic E-state index is 0.0141. The number of rotatable bonds is 11. The van der Waals surface area contributed by atoms with E-state index in [-0.39, 0.29) is 31.9 Å². The number of azo groups is 2. The Hall–Kier alpha value is -3.54. The van der Waals surface area contributed by atoms with Crippen molar-refractivity contribution in [3.05, 3.63) is 60.7 Å². The summed E-state index contributed by atoms with van der Waals surface area (Å²) in [7, 11) is -4.94. The monoisotopic (exact) mass is 655 g/mol. The number of anilines is 1. The summed E-state index contributed by atoms with van der Waals surface area (Å²) in [6, 6.07) is 13.7. The number of phenols is 1. The molecule has 0 fully saturated rings. The molecule has 16 nitrogen and oxygen atoms in total. The van der Waals surface area contributed by atoms with Gasteiger partial charge in [0.1, 0.15) is 16.3 Å². The second kappa shape index (κ2) is 13.6. The van der Waals surface area contributed by atoms with Gasteiger partial charge in [-0.25, -0.2) is 14.7 Å². The molecule has 4 aromatic carbocycles. The molecule has 42 heavy (non-hydrogen) atoms. The number of nitrogens with zero attached hydrogens (tertiary/aromatic N) is 4. The largest absolute Gasteiger partial charge is 0.505 e. The zero-order valence-electron chi connectivity index (χ0n) is 20.5. The molecule has 0 saturated carbocycles. The van der Waals surface area contributed by atoms with E-state index in [0.29, 0.717) is 34.7 Å². The first-order chi connectivity index (χ1) is 20.0. The van der Waals surface area contributed by atoms with Crippen molar-refractivity contribution in [3.63, 3.8) is 0 Å². The standard InChI is InChI=1S/C22H17N5O11S4/c23-19-18-11(10-17(42(33,34)35)21(19)27-25-13-3-7-15(8-4-13)41(31)32)9-16(40-38-36-29)20(22(18)28)26-24-12-1-5-14(6-2-12)39-37-30/h1-10,28-30H,23H2,(H,31,32)(H,33,34,35). The minimum atomic E-state index is -4.94. The molecule has 0 radical (unpaired) electrons. The molecule has 0 aliphatic rings. The van der Waals surface area contributed by atoms with Crippen LogP contribution in [0, 0.1) is 0 Å². The van der Waals surface area contributed by atoms with Gasteiger partial charge < -0.3 is 15.4 Å². The first-order valence-electron chi connectivity index (χ1n) is 10.9. The summed E-state index contributed by atoms with van der Waals surface area (Å²) < 4.78 is 63.2. The molecule has 0 spiro atoms. The van der Waals surface area contributed by atoms with E-state index in [9.17, 15) is 22.3 Å². The Morgan fingerprint density at radius 2 is 1.45 bits per heavy atom. The lowest BCUT2D eigenvalue weighted by atomic mass is 10.1. The van der Waals surface area contributed by atoms with Crippen molar-refractivity contribution in [2.24, 2.45) is 20.5 Å². The number of fused-ring (bicyclic) bond motifs is 1.